The molecule has 3 rings (SSSR count). The predicted octanol–water partition coefficient (Wildman–Crippen LogP) is 3.51. The molecule has 0 bridgehead atoms. The molecule has 1 saturated heterocycles. The molecular formula is C18H18BrFN4O2S. The predicted molar refractivity (Wildman–Crippen MR) is 110 cm³/mol. The lowest BCUT2D eigenvalue weighted by atomic mass is 10.2. The first-order chi connectivity index (χ1) is 12.8. The van der Waals surface area contributed by atoms with E-state index in [1.165, 1.54) is 12.1 Å². The van der Waals surface area contributed by atoms with E-state index in [4.69, 9.17) is 17.3 Å². The fraction of sp³-hybridized carbons (Fsp3) is 0.278. The van der Waals surface area contributed by atoms with Crippen LogP contribution in [0.3, 0.4) is 0 Å². The summed E-state index contributed by atoms with van der Waals surface area (Å²) >= 11 is 8.84. The third kappa shape index (κ3) is 4.54. The lowest BCUT2D eigenvalue weighted by Gasteiger charge is -2.37. The number of pyridine rings is 1. The lowest BCUT2D eigenvalue weighted by molar-refractivity contribution is 0.0692. The van der Waals surface area contributed by atoms with Crippen LogP contribution in [-0.2, 0) is 0 Å². The summed E-state index contributed by atoms with van der Waals surface area (Å²) in [7, 11) is 0. The van der Waals surface area contributed by atoms with E-state index in [9.17, 15) is 9.18 Å². The highest BCUT2D eigenvalue weighted by molar-refractivity contribution is 9.10. The second-order valence-corrected chi connectivity index (χ2v) is 7.50. The quantitative estimate of drug-likeness (QED) is 0.690. The van der Waals surface area contributed by atoms with Gasteiger partial charge in [-0.3, -0.25) is 0 Å². The number of aryl methyl sites for hydroxylation is 1. The maximum Gasteiger partial charge on any atom is 0.338 e. The summed E-state index contributed by atoms with van der Waals surface area (Å²) in [5, 5.41) is 12.3. The molecule has 1 aliphatic heterocycles. The van der Waals surface area contributed by atoms with E-state index >= 15 is 0 Å². The van der Waals surface area contributed by atoms with Crippen molar-refractivity contribution in [3.05, 3.63) is 51.9 Å². The van der Waals surface area contributed by atoms with Gasteiger partial charge in [0, 0.05) is 42.5 Å². The molecule has 6 nitrogen and oxygen atoms in total. The summed E-state index contributed by atoms with van der Waals surface area (Å²) in [6, 6.07) is 5.91. The average molecular weight is 453 g/mol. The standard InChI is InChI=1S/C18H18BrFN4O2S/c1-11-8-12(19)10-21-16(11)23-4-6-24(7-5-23)18(27)22-13-2-3-14(17(25)26)15(20)9-13/h2-3,8-10H,4-7H2,1H3,(H,22,27)(H,25,26). The average Bonchev–Trinajstić information content (AvgIpc) is 2.61. The van der Waals surface area contributed by atoms with Gasteiger partial charge in [0.2, 0.25) is 0 Å². The van der Waals surface area contributed by atoms with Gasteiger partial charge in [-0.1, -0.05) is 0 Å². The van der Waals surface area contributed by atoms with Crippen molar-refractivity contribution in [3.8, 4) is 0 Å². The van der Waals surface area contributed by atoms with Gasteiger partial charge < -0.3 is 20.2 Å². The Morgan fingerprint density at radius 3 is 2.59 bits per heavy atom. The molecule has 2 aromatic rings. The van der Waals surface area contributed by atoms with Crippen LogP contribution in [0.25, 0.3) is 0 Å². The molecule has 0 spiro atoms. The minimum absolute atomic E-state index is 0.363. The number of aromatic carboxylic acids is 1. The number of carbonyl (C=O) groups is 1. The highest BCUT2D eigenvalue weighted by atomic mass is 79.9. The summed E-state index contributed by atoms with van der Waals surface area (Å²) in [6.07, 6.45) is 1.79. The number of nitrogens with one attached hydrogen (secondary N) is 1. The van der Waals surface area contributed by atoms with Crippen molar-refractivity contribution in [2.75, 3.05) is 36.4 Å². The molecule has 0 amide bonds. The Kier molecular flexibility index (Phi) is 5.91. The number of carboxylic acid groups (broad SMARTS) is 1. The van der Waals surface area contributed by atoms with Crippen molar-refractivity contribution in [3.63, 3.8) is 0 Å². The van der Waals surface area contributed by atoms with Crippen LogP contribution in [0.1, 0.15) is 15.9 Å². The van der Waals surface area contributed by atoms with Gasteiger partial charge in [0.05, 0.1) is 5.56 Å². The van der Waals surface area contributed by atoms with Crippen molar-refractivity contribution in [1.82, 2.24) is 9.88 Å². The van der Waals surface area contributed by atoms with Crippen molar-refractivity contribution in [2.45, 2.75) is 6.92 Å². The second-order valence-electron chi connectivity index (χ2n) is 6.20. The summed E-state index contributed by atoms with van der Waals surface area (Å²) in [4.78, 5) is 19.6. The van der Waals surface area contributed by atoms with Crippen LogP contribution in [0.15, 0.2) is 34.9 Å². The number of halogens is 2. The van der Waals surface area contributed by atoms with Crippen LogP contribution in [0.5, 0.6) is 0 Å². The highest BCUT2D eigenvalue weighted by Gasteiger charge is 2.21. The van der Waals surface area contributed by atoms with E-state index in [0.717, 1.165) is 35.0 Å². The molecule has 1 aromatic carbocycles. The molecule has 1 aromatic heterocycles. The van der Waals surface area contributed by atoms with Crippen LogP contribution in [0, 0.1) is 12.7 Å². The molecule has 2 heterocycles. The molecule has 1 fully saturated rings. The summed E-state index contributed by atoms with van der Waals surface area (Å²) < 4.78 is 14.8. The number of aromatic nitrogens is 1. The van der Waals surface area contributed by atoms with Crippen LogP contribution in [0.4, 0.5) is 15.9 Å². The number of hydrogen-bond acceptors (Lipinski definition) is 4. The number of thiocarbonyl (C=S) groups is 1. The Morgan fingerprint density at radius 2 is 2.00 bits per heavy atom. The zero-order valence-electron chi connectivity index (χ0n) is 14.6. The largest absolute Gasteiger partial charge is 0.478 e. The van der Waals surface area contributed by atoms with Crippen LogP contribution < -0.4 is 10.2 Å². The van der Waals surface area contributed by atoms with Gasteiger partial charge in [0.15, 0.2) is 5.11 Å². The Bertz CT molecular complexity index is 888. The van der Waals surface area contributed by atoms with Crippen LogP contribution in [0.2, 0.25) is 0 Å². The number of anilines is 2. The monoisotopic (exact) mass is 452 g/mol. The van der Waals surface area contributed by atoms with Gasteiger partial charge >= 0.3 is 5.97 Å². The fourth-order valence-corrected chi connectivity index (χ4v) is 3.70. The van der Waals surface area contributed by atoms with Crippen molar-refractivity contribution in [1.29, 1.82) is 0 Å². The maximum atomic E-state index is 13.8. The topological polar surface area (TPSA) is 68.7 Å². The van der Waals surface area contributed by atoms with Gasteiger partial charge in [0.25, 0.3) is 0 Å². The van der Waals surface area contributed by atoms with E-state index in [2.05, 4.69) is 31.1 Å². The molecule has 9 heteroatoms. The normalized spacial score (nSPS) is 14.2. The molecule has 0 aliphatic carbocycles. The van der Waals surface area contributed by atoms with Crippen molar-refractivity contribution < 1.29 is 14.3 Å². The SMILES string of the molecule is Cc1cc(Br)cnc1N1CCN(C(=S)Nc2ccc(C(=O)O)c(F)c2)CC1. The van der Waals surface area contributed by atoms with E-state index in [-0.39, 0.29) is 5.56 Å². The second kappa shape index (κ2) is 8.18. The summed E-state index contributed by atoms with van der Waals surface area (Å²) in [5.41, 5.74) is 1.17. The van der Waals surface area contributed by atoms with E-state index < -0.39 is 11.8 Å². The molecule has 0 atom stereocenters. The van der Waals surface area contributed by atoms with E-state index in [0.29, 0.717) is 23.9 Å². The molecule has 142 valence electrons. The number of nitrogens with zero attached hydrogens (tertiary/aromatic N) is 3. The molecule has 27 heavy (non-hydrogen) atoms. The molecule has 0 radical (unpaired) electrons. The minimum Gasteiger partial charge on any atom is -0.478 e. The van der Waals surface area contributed by atoms with Gasteiger partial charge in [0.1, 0.15) is 11.6 Å². The van der Waals surface area contributed by atoms with Gasteiger partial charge in [-0.05, 0) is 64.9 Å². The zero-order chi connectivity index (χ0) is 19.6. The van der Waals surface area contributed by atoms with Crippen LogP contribution in [-0.4, -0.2) is 52.3 Å². The maximum absolute atomic E-state index is 13.8. The number of rotatable bonds is 3. The summed E-state index contributed by atoms with van der Waals surface area (Å²) in [5.74, 6) is -1.13. The molecule has 0 unspecified atom stereocenters. The summed E-state index contributed by atoms with van der Waals surface area (Å²) in [6.45, 7) is 4.98. The number of hydrogen-bond donors (Lipinski definition) is 2. The van der Waals surface area contributed by atoms with Gasteiger partial charge in [-0.25, -0.2) is 14.2 Å². The number of carboxylic acids is 1. The Balaban J connectivity index is 1.60. The first-order valence-corrected chi connectivity index (χ1v) is 9.51. The van der Waals surface area contributed by atoms with Crippen molar-refractivity contribution in [2.24, 2.45) is 0 Å². The Hall–Kier alpha value is -2.26. The molecule has 0 saturated carbocycles. The van der Waals surface area contributed by atoms with Gasteiger partial charge in [-0.15, -0.1) is 0 Å². The Labute approximate surface area is 170 Å². The first kappa shape index (κ1) is 19.5. The van der Waals surface area contributed by atoms with Gasteiger partial charge in [-0.2, -0.15) is 0 Å². The molecular weight excluding hydrogens is 435 g/mol. The van der Waals surface area contributed by atoms with E-state index in [1.54, 1.807) is 6.20 Å². The number of benzene rings is 1. The number of piperazine rings is 1. The lowest BCUT2D eigenvalue weighted by Crippen LogP contribution is -2.50. The molecule has 1 aliphatic rings. The third-order valence-electron chi connectivity index (χ3n) is 4.33. The fourth-order valence-electron chi connectivity index (χ4n) is 2.95. The molecule has 2 N–H and O–H groups in total. The first-order valence-electron chi connectivity index (χ1n) is 8.31. The zero-order valence-corrected chi connectivity index (χ0v) is 17.0. The third-order valence-corrected chi connectivity index (χ3v) is 5.13. The van der Waals surface area contributed by atoms with Crippen molar-refractivity contribution >= 4 is 50.7 Å². The van der Waals surface area contributed by atoms with Crippen LogP contribution >= 0.6 is 28.1 Å². The highest BCUT2D eigenvalue weighted by Crippen LogP contribution is 2.22. The minimum atomic E-state index is -1.30. The van der Waals surface area contributed by atoms with E-state index in [1.807, 2.05) is 17.9 Å². The smallest absolute Gasteiger partial charge is 0.338 e. The Morgan fingerprint density at radius 1 is 1.30 bits per heavy atom.